The third-order valence-corrected chi connectivity index (χ3v) is 8.64. The Morgan fingerprint density at radius 2 is 2.03 bits per heavy atom. The molecule has 1 aliphatic heterocycles. The van der Waals surface area contributed by atoms with Gasteiger partial charge in [0.25, 0.3) is 0 Å². The van der Waals surface area contributed by atoms with Gasteiger partial charge in [0.1, 0.15) is 10.8 Å². The summed E-state index contributed by atoms with van der Waals surface area (Å²) in [7, 11) is 1.68. The Morgan fingerprint density at radius 1 is 1.22 bits per heavy atom. The number of halogens is 1. The zero-order valence-electron chi connectivity index (χ0n) is 21.0. The number of methoxy groups -OCH3 is 1. The van der Waals surface area contributed by atoms with E-state index >= 15 is 0 Å². The van der Waals surface area contributed by atoms with Crippen LogP contribution in [-0.2, 0) is 22.4 Å². The molecule has 37 heavy (non-hydrogen) atoms. The van der Waals surface area contributed by atoms with Gasteiger partial charge in [0.05, 0.1) is 38.1 Å². The second-order valence-electron chi connectivity index (χ2n) is 10.4. The molecule has 1 amide bonds. The van der Waals surface area contributed by atoms with Gasteiger partial charge in [0.15, 0.2) is 5.82 Å². The number of primary amides is 1. The van der Waals surface area contributed by atoms with Gasteiger partial charge in [-0.2, -0.15) is 4.98 Å². The molecule has 6 rings (SSSR count). The SMILES string of the molecule is COc1cc2c(cc1Nc1ncc(Cl)c(NC3C4C=C[C@H]4[C@@H]3C(N)=O)n1)CCCC(N1CCOCC1)C2. The van der Waals surface area contributed by atoms with Crippen LogP contribution in [0.15, 0.2) is 30.5 Å². The number of nitrogens with one attached hydrogen (secondary N) is 2. The molecule has 1 aromatic heterocycles. The fraction of sp³-hybridized carbons (Fsp3) is 0.519. The molecule has 2 fully saturated rings. The summed E-state index contributed by atoms with van der Waals surface area (Å²) in [5.41, 5.74) is 9.12. The maximum Gasteiger partial charge on any atom is 0.229 e. The lowest BCUT2D eigenvalue weighted by atomic mass is 9.54. The highest BCUT2D eigenvalue weighted by Gasteiger charge is 2.55. The van der Waals surface area contributed by atoms with E-state index in [1.54, 1.807) is 13.3 Å². The molecule has 1 aromatic carbocycles. The van der Waals surface area contributed by atoms with Crippen LogP contribution in [0.5, 0.6) is 5.75 Å². The van der Waals surface area contributed by atoms with Crippen LogP contribution in [0.1, 0.15) is 24.0 Å². The molecule has 10 heteroatoms. The van der Waals surface area contributed by atoms with Crippen molar-refractivity contribution in [3.05, 3.63) is 46.6 Å². The van der Waals surface area contributed by atoms with Gasteiger partial charge in [-0.15, -0.1) is 0 Å². The van der Waals surface area contributed by atoms with Gasteiger partial charge in [0, 0.05) is 31.1 Å². The lowest BCUT2D eigenvalue weighted by Gasteiger charge is -2.53. The number of anilines is 3. The van der Waals surface area contributed by atoms with Gasteiger partial charge < -0.3 is 25.8 Å². The Balaban J connectivity index is 1.21. The van der Waals surface area contributed by atoms with Crippen LogP contribution in [0.2, 0.25) is 5.02 Å². The summed E-state index contributed by atoms with van der Waals surface area (Å²) in [5, 5.41) is 7.07. The number of allylic oxidation sites excluding steroid dienone is 1. The monoisotopic (exact) mass is 524 g/mol. The van der Waals surface area contributed by atoms with E-state index in [0.717, 1.165) is 57.0 Å². The van der Waals surface area contributed by atoms with Gasteiger partial charge in [-0.3, -0.25) is 9.69 Å². The van der Waals surface area contributed by atoms with Crippen LogP contribution in [0.3, 0.4) is 0 Å². The quantitative estimate of drug-likeness (QED) is 0.374. The zero-order valence-corrected chi connectivity index (χ0v) is 21.7. The second-order valence-corrected chi connectivity index (χ2v) is 10.8. The number of carbonyl (C=O) groups excluding carboxylic acids is 1. The van der Waals surface area contributed by atoms with Crippen molar-refractivity contribution in [3.8, 4) is 5.75 Å². The molecule has 1 saturated heterocycles. The molecule has 0 spiro atoms. The highest BCUT2D eigenvalue weighted by atomic mass is 35.5. The van der Waals surface area contributed by atoms with Crippen molar-refractivity contribution in [1.82, 2.24) is 14.9 Å². The average Bonchev–Trinajstić information content (AvgIpc) is 3.10. The molecule has 0 radical (unpaired) electrons. The topological polar surface area (TPSA) is 115 Å². The fourth-order valence-corrected chi connectivity index (χ4v) is 6.42. The first-order chi connectivity index (χ1) is 18.0. The van der Waals surface area contributed by atoms with E-state index in [2.05, 4.69) is 43.7 Å². The standard InChI is InChI=1S/C27H33ClN6O3/c1-36-22-13-16-11-17(34-7-9-37-10-8-34)4-2-3-15(16)12-21(22)31-27-30-14-20(28)26(33-27)32-24-19-6-5-18(19)23(24)25(29)35/h5-6,12-14,17-19,23-24H,2-4,7-11H2,1H3,(H2,29,35)(H2,30,31,32,33)/t17?,18-,19?,23+,24?/m1/s1. The minimum atomic E-state index is -0.308. The Bertz CT molecular complexity index is 1220. The molecule has 2 heterocycles. The minimum Gasteiger partial charge on any atom is -0.495 e. The van der Waals surface area contributed by atoms with Crippen molar-refractivity contribution in [2.24, 2.45) is 23.5 Å². The van der Waals surface area contributed by atoms with E-state index in [9.17, 15) is 4.79 Å². The molecule has 3 aliphatic carbocycles. The fourth-order valence-electron chi connectivity index (χ4n) is 6.27. The van der Waals surface area contributed by atoms with E-state index < -0.39 is 0 Å². The van der Waals surface area contributed by atoms with Crippen molar-refractivity contribution in [2.45, 2.75) is 37.8 Å². The molecule has 4 aliphatic rings. The number of rotatable bonds is 7. The summed E-state index contributed by atoms with van der Waals surface area (Å²) >= 11 is 6.42. The maximum atomic E-state index is 11.9. The Hall–Kier alpha value is -2.88. The highest BCUT2D eigenvalue weighted by Crippen LogP contribution is 2.50. The molecule has 4 N–H and O–H groups in total. The summed E-state index contributed by atoms with van der Waals surface area (Å²) in [6, 6.07) is 4.73. The van der Waals surface area contributed by atoms with Crippen LogP contribution in [0.4, 0.5) is 17.5 Å². The summed E-state index contributed by atoms with van der Waals surface area (Å²) in [6.45, 7) is 3.63. The molecule has 2 aromatic rings. The van der Waals surface area contributed by atoms with Crippen LogP contribution < -0.4 is 21.1 Å². The van der Waals surface area contributed by atoms with Crippen LogP contribution >= 0.6 is 11.6 Å². The third-order valence-electron chi connectivity index (χ3n) is 8.36. The van der Waals surface area contributed by atoms with Crippen LogP contribution in [-0.4, -0.2) is 66.3 Å². The van der Waals surface area contributed by atoms with Crippen molar-refractivity contribution >= 4 is 35.0 Å². The molecule has 5 atom stereocenters. The van der Waals surface area contributed by atoms with Gasteiger partial charge in [-0.1, -0.05) is 23.8 Å². The first-order valence-electron chi connectivity index (χ1n) is 13.1. The lowest BCUT2D eigenvalue weighted by Crippen LogP contribution is -2.61. The third kappa shape index (κ3) is 4.64. The number of aromatic nitrogens is 2. The number of benzene rings is 1. The Labute approximate surface area is 221 Å². The van der Waals surface area contributed by atoms with Crippen LogP contribution in [0.25, 0.3) is 0 Å². The van der Waals surface area contributed by atoms with Crippen molar-refractivity contribution in [3.63, 3.8) is 0 Å². The summed E-state index contributed by atoms with van der Waals surface area (Å²) < 4.78 is 11.3. The second kappa shape index (κ2) is 10.1. The van der Waals surface area contributed by atoms with E-state index in [1.165, 1.54) is 17.5 Å². The number of morpholine rings is 1. The van der Waals surface area contributed by atoms with Gasteiger partial charge in [-0.05, 0) is 54.9 Å². The first-order valence-corrected chi connectivity index (χ1v) is 13.4. The number of nitrogens with zero attached hydrogens (tertiary/aromatic N) is 3. The predicted octanol–water partition coefficient (Wildman–Crippen LogP) is 3.16. The molecule has 9 nitrogen and oxygen atoms in total. The highest BCUT2D eigenvalue weighted by molar-refractivity contribution is 6.32. The largest absolute Gasteiger partial charge is 0.495 e. The van der Waals surface area contributed by atoms with E-state index in [-0.39, 0.29) is 29.7 Å². The number of fused-ring (bicyclic) bond motifs is 2. The number of ether oxygens (including phenoxy) is 2. The van der Waals surface area contributed by atoms with Gasteiger partial charge >= 0.3 is 0 Å². The number of hydrogen-bond donors (Lipinski definition) is 3. The molecular weight excluding hydrogens is 492 g/mol. The molecule has 196 valence electrons. The summed E-state index contributed by atoms with van der Waals surface area (Å²) in [6.07, 6.45) is 10.1. The zero-order chi connectivity index (χ0) is 25.5. The van der Waals surface area contributed by atoms with Gasteiger partial charge in [-0.25, -0.2) is 4.98 Å². The number of carbonyl (C=O) groups is 1. The smallest absolute Gasteiger partial charge is 0.229 e. The van der Waals surface area contributed by atoms with Gasteiger partial charge in [0.2, 0.25) is 11.9 Å². The number of hydrogen-bond acceptors (Lipinski definition) is 8. The molecular formula is C27H33ClN6O3. The molecule has 3 unspecified atom stereocenters. The maximum absolute atomic E-state index is 11.9. The average molecular weight is 525 g/mol. The molecule has 0 bridgehead atoms. The lowest BCUT2D eigenvalue weighted by molar-refractivity contribution is -0.129. The van der Waals surface area contributed by atoms with Crippen molar-refractivity contribution in [2.75, 3.05) is 44.0 Å². The summed E-state index contributed by atoms with van der Waals surface area (Å²) in [5.74, 6) is 1.55. The Morgan fingerprint density at radius 3 is 2.76 bits per heavy atom. The Kier molecular flexibility index (Phi) is 6.69. The minimum absolute atomic E-state index is 0.116. The normalized spacial score (nSPS) is 28.6. The van der Waals surface area contributed by atoms with Crippen LogP contribution in [0, 0.1) is 17.8 Å². The molecule has 1 saturated carbocycles. The number of aryl methyl sites for hydroxylation is 1. The number of amides is 1. The first kappa shape index (κ1) is 24.5. The van der Waals surface area contributed by atoms with E-state index in [1.807, 2.05) is 6.08 Å². The van der Waals surface area contributed by atoms with E-state index in [4.69, 9.17) is 26.8 Å². The van der Waals surface area contributed by atoms with E-state index in [0.29, 0.717) is 22.8 Å². The van der Waals surface area contributed by atoms with Crippen molar-refractivity contribution in [1.29, 1.82) is 0 Å². The number of nitrogens with two attached hydrogens (primary N) is 1. The predicted molar refractivity (Wildman–Crippen MR) is 142 cm³/mol. The summed E-state index contributed by atoms with van der Waals surface area (Å²) in [4.78, 5) is 23.5. The van der Waals surface area contributed by atoms with Crippen molar-refractivity contribution < 1.29 is 14.3 Å².